The number of amides is 2. The van der Waals surface area contributed by atoms with E-state index in [2.05, 4.69) is 32.3 Å². The molecule has 0 unspecified atom stereocenters. The van der Waals surface area contributed by atoms with E-state index in [1.807, 2.05) is 12.1 Å². The molecule has 2 amide bonds. The summed E-state index contributed by atoms with van der Waals surface area (Å²) >= 11 is 6.94. The number of nitrogens with one attached hydrogen (secondary N) is 4. The number of rotatable bonds is 13. The van der Waals surface area contributed by atoms with E-state index >= 15 is 4.39 Å². The number of hydrogen-bond acceptors (Lipinski definition) is 9. The monoisotopic (exact) mass is 697 g/mol. The smallest absolute Gasteiger partial charge is 0.220 e. The van der Waals surface area contributed by atoms with Gasteiger partial charge in [0, 0.05) is 84.5 Å². The van der Waals surface area contributed by atoms with Crippen molar-refractivity contribution in [3.63, 3.8) is 0 Å². The minimum Gasteiger partial charge on any atom is -0.481 e. The van der Waals surface area contributed by atoms with Gasteiger partial charge in [0.25, 0.3) is 0 Å². The normalized spacial score (nSPS) is 16.9. The van der Waals surface area contributed by atoms with E-state index in [0.717, 1.165) is 24.0 Å². The molecule has 0 radical (unpaired) electrons. The zero-order valence-electron chi connectivity index (χ0n) is 27.7. The molecule has 0 spiro atoms. The zero-order chi connectivity index (χ0) is 35.2. The van der Waals surface area contributed by atoms with E-state index in [1.54, 1.807) is 36.4 Å². The van der Waals surface area contributed by atoms with Gasteiger partial charge in [0.2, 0.25) is 23.6 Å². The maximum atomic E-state index is 15.7. The number of ether oxygens (including phenoxy) is 2. The van der Waals surface area contributed by atoms with Crippen molar-refractivity contribution in [1.82, 2.24) is 31.2 Å². The van der Waals surface area contributed by atoms with Crippen LogP contribution in [0.25, 0.3) is 33.6 Å². The third-order valence-corrected chi connectivity index (χ3v) is 9.33. The van der Waals surface area contributed by atoms with Gasteiger partial charge in [-0.1, -0.05) is 41.9 Å². The molecule has 2 atom stereocenters. The topological polar surface area (TPSA) is 150 Å². The highest BCUT2D eigenvalue weighted by atomic mass is 35.5. The number of nitriles is 1. The molecule has 0 bridgehead atoms. The summed E-state index contributed by atoms with van der Waals surface area (Å²) < 4.78 is 26.8. The molecule has 2 aromatic heterocycles. The van der Waals surface area contributed by atoms with E-state index in [1.165, 1.54) is 20.3 Å². The van der Waals surface area contributed by atoms with Crippen molar-refractivity contribution in [3.8, 4) is 51.5 Å². The summed E-state index contributed by atoms with van der Waals surface area (Å²) in [5.41, 5.74) is 4.11. The molecule has 13 heteroatoms. The SMILES string of the molecule is COc1nc(-c2ccc(F)c(-c3cccc(-c4ccc(CNC[C@@H]5CCC(=O)N5)c(OC)n4)c3C#N)c2Cl)ccc1CNC[C@@H]1CCC(=O)N1. The summed E-state index contributed by atoms with van der Waals surface area (Å²) in [5.74, 6) is 0.302. The lowest BCUT2D eigenvalue weighted by Crippen LogP contribution is -2.35. The van der Waals surface area contributed by atoms with Crippen molar-refractivity contribution >= 4 is 23.4 Å². The maximum Gasteiger partial charge on any atom is 0.220 e. The lowest BCUT2D eigenvalue weighted by atomic mass is 9.92. The summed E-state index contributed by atoms with van der Waals surface area (Å²) in [7, 11) is 3.05. The van der Waals surface area contributed by atoms with Crippen LogP contribution in [0.4, 0.5) is 4.39 Å². The van der Waals surface area contributed by atoms with Crippen LogP contribution >= 0.6 is 11.6 Å². The molecule has 2 fully saturated rings. The highest BCUT2D eigenvalue weighted by molar-refractivity contribution is 6.36. The first kappa shape index (κ1) is 34.8. The zero-order valence-corrected chi connectivity index (χ0v) is 28.5. The van der Waals surface area contributed by atoms with Crippen molar-refractivity contribution in [1.29, 1.82) is 5.26 Å². The van der Waals surface area contributed by atoms with Gasteiger partial charge < -0.3 is 30.7 Å². The third-order valence-electron chi connectivity index (χ3n) is 8.94. The van der Waals surface area contributed by atoms with E-state index in [9.17, 15) is 14.9 Å². The van der Waals surface area contributed by atoms with Gasteiger partial charge in [-0.15, -0.1) is 0 Å². The Balaban J connectivity index is 1.26. The quantitative estimate of drug-likeness (QED) is 0.153. The third kappa shape index (κ3) is 7.55. The lowest BCUT2D eigenvalue weighted by Gasteiger charge is -2.16. The van der Waals surface area contributed by atoms with Crippen LogP contribution in [-0.2, 0) is 22.7 Å². The molecule has 258 valence electrons. The van der Waals surface area contributed by atoms with Crippen LogP contribution in [0.15, 0.2) is 54.6 Å². The average molecular weight is 698 g/mol. The number of carbonyl (C=O) groups is 2. The molecule has 2 aromatic carbocycles. The largest absolute Gasteiger partial charge is 0.481 e. The molecule has 4 heterocycles. The van der Waals surface area contributed by atoms with Gasteiger partial charge in [-0.2, -0.15) is 5.26 Å². The van der Waals surface area contributed by atoms with Gasteiger partial charge in [0.05, 0.1) is 36.2 Å². The van der Waals surface area contributed by atoms with Crippen LogP contribution in [-0.4, -0.2) is 61.2 Å². The number of methoxy groups -OCH3 is 2. The van der Waals surface area contributed by atoms with Gasteiger partial charge in [0.15, 0.2) is 0 Å². The Bertz CT molecular complexity index is 1970. The second-order valence-corrected chi connectivity index (χ2v) is 12.6. The molecule has 0 saturated carbocycles. The minimum atomic E-state index is -0.593. The summed E-state index contributed by atoms with van der Waals surface area (Å²) in [6.07, 6.45) is 2.65. The molecule has 2 aliphatic heterocycles. The number of pyridine rings is 2. The van der Waals surface area contributed by atoms with E-state index in [4.69, 9.17) is 26.1 Å². The molecule has 2 aliphatic rings. The standard InChI is InChI=1S/C37H37ClFN7O4/c1-49-36-21(17-41-19-23-8-14-32(47)43-23)6-12-30(45-36)25-4-3-5-26(28(25)16-40)34-29(39)11-10-27(35(34)38)31-13-7-22(37(46-31)50-2)18-42-20-24-9-15-33(48)44-24/h3-7,10-13,23-24,41-42H,8-9,14-15,17-20H2,1-2H3,(H,43,47)(H,44,48)/t23-,24-/m0/s1. The Morgan fingerprint density at radius 3 is 1.86 bits per heavy atom. The van der Waals surface area contributed by atoms with Gasteiger partial charge >= 0.3 is 0 Å². The average Bonchev–Trinajstić information content (AvgIpc) is 3.75. The Hall–Kier alpha value is -5.09. The van der Waals surface area contributed by atoms with E-state index < -0.39 is 5.82 Å². The molecule has 2 saturated heterocycles. The number of aromatic nitrogens is 2. The second-order valence-electron chi connectivity index (χ2n) is 12.2. The number of halogens is 2. The first-order valence-electron chi connectivity index (χ1n) is 16.4. The van der Waals surface area contributed by atoms with Crippen LogP contribution < -0.4 is 30.7 Å². The minimum absolute atomic E-state index is 0.0624. The number of hydrogen-bond donors (Lipinski definition) is 4. The maximum absolute atomic E-state index is 15.7. The Kier molecular flexibility index (Phi) is 10.9. The predicted octanol–water partition coefficient (Wildman–Crippen LogP) is 4.90. The van der Waals surface area contributed by atoms with Gasteiger partial charge in [-0.3, -0.25) is 9.59 Å². The molecule has 0 aliphatic carbocycles. The summed E-state index contributed by atoms with van der Waals surface area (Å²) in [6, 6.07) is 17.7. The van der Waals surface area contributed by atoms with Gasteiger partial charge in [0.1, 0.15) is 11.9 Å². The number of benzene rings is 2. The van der Waals surface area contributed by atoms with Crippen molar-refractivity contribution < 1.29 is 23.5 Å². The summed E-state index contributed by atoms with van der Waals surface area (Å²) in [5, 5.41) is 23.0. The number of nitrogens with zero attached hydrogens (tertiary/aromatic N) is 3. The van der Waals surface area contributed by atoms with Crippen LogP contribution in [0.1, 0.15) is 42.4 Å². The predicted molar refractivity (Wildman–Crippen MR) is 187 cm³/mol. The molecule has 50 heavy (non-hydrogen) atoms. The fraction of sp³-hybridized carbons (Fsp3) is 0.324. The lowest BCUT2D eigenvalue weighted by molar-refractivity contribution is -0.120. The Labute approximate surface area is 294 Å². The fourth-order valence-corrected chi connectivity index (χ4v) is 6.73. The van der Waals surface area contributed by atoms with Crippen molar-refractivity contribution in [2.24, 2.45) is 0 Å². The Morgan fingerprint density at radius 2 is 1.36 bits per heavy atom. The molecule has 4 N–H and O–H groups in total. The van der Waals surface area contributed by atoms with E-state index in [-0.39, 0.29) is 40.0 Å². The highest BCUT2D eigenvalue weighted by Crippen LogP contribution is 2.41. The highest BCUT2D eigenvalue weighted by Gasteiger charge is 2.24. The van der Waals surface area contributed by atoms with Crippen LogP contribution in [0.2, 0.25) is 5.02 Å². The van der Waals surface area contributed by atoms with Crippen LogP contribution in [0.3, 0.4) is 0 Å². The fourth-order valence-electron chi connectivity index (χ4n) is 6.38. The summed E-state index contributed by atoms with van der Waals surface area (Å²) in [4.78, 5) is 32.4. The first-order valence-corrected chi connectivity index (χ1v) is 16.8. The molecular formula is C37H37ClFN7O4. The Morgan fingerprint density at radius 1 is 0.820 bits per heavy atom. The van der Waals surface area contributed by atoms with Gasteiger partial charge in [-0.05, 0) is 37.1 Å². The molecule has 11 nitrogen and oxygen atoms in total. The number of carbonyl (C=O) groups excluding carboxylic acids is 2. The van der Waals surface area contributed by atoms with E-state index in [0.29, 0.717) is 78.9 Å². The summed E-state index contributed by atoms with van der Waals surface area (Å²) in [6.45, 7) is 2.18. The van der Waals surface area contributed by atoms with Crippen LogP contribution in [0, 0.1) is 17.1 Å². The first-order chi connectivity index (χ1) is 24.3. The molecule has 6 rings (SSSR count). The van der Waals surface area contributed by atoms with Gasteiger partial charge in [-0.25, -0.2) is 14.4 Å². The second kappa shape index (κ2) is 15.6. The van der Waals surface area contributed by atoms with Crippen molar-refractivity contribution in [2.45, 2.75) is 50.9 Å². The van der Waals surface area contributed by atoms with Crippen LogP contribution in [0.5, 0.6) is 11.8 Å². The molecule has 4 aromatic rings. The van der Waals surface area contributed by atoms with Crippen molar-refractivity contribution in [3.05, 3.63) is 82.1 Å². The molecular weight excluding hydrogens is 661 g/mol. The van der Waals surface area contributed by atoms with Crippen molar-refractivity contribution in [2.75, 3.05) is 27.3 Å².